The summed E-state index contributed by atoms with van der Waals surface area (Å²) in [6.45, 7) is 0.954. The molecule has 4 heteroatoms. The molecule has 3 rings (SSSR count). The van der Waals surface area contributed by atoms with Crippen LogP contribution in [-0.2, 0) is 13.1 Å². The molecule has 0 saturated carbocycles. The van der Waals surface area contributed by atoms with E-state index < -0.39 is 0 Å². The highest BCUT2D eigenvalue weighted by Crippen LogP contribution is 2.20. The Morgan fingerprint density at radius 3 is 2.20 bits per heavy atom. The van der Waals surface area contributed by atoms with Gasteiger partial charge in [-0.1, -0.05) is 66.7 Å². The van der Waals surface area contributed by atoms with Crippen LogP contribution in [0.5, 0.6) is 0 Å². The van der Waals surface area contributed by atoms with E-state index in [0.29, 0.717) is 13.1 Å². The molecule has 0 unspecified atom stereocenters. The van der Waals surface area contributed by atoms with E-state index in [4.69, 9.17) is 5.73 Å². The van der Waals surface area contributed by atoms with Gasteiger partial charge in [-0.2, -0.15) is 0 Å². The van der Waals surface area contributed by atoms with Crippen LogP contribution in [0.1, 0.15) is 11.1 Å². The SMILES string of the molecule is NCc1cccc(CNC(=O)Nc2ccc(-c3ccccc3)cc2)c1. The number of rotatable bonds is 5. The first-order chi connectivity index (χ1) is 12.2. The van der Waals surface area contributed by atoms with E-state index in [2.05, 4.69) is 22.8 Å². The van der Waals surface area contributed by atoms with E-state index in [1.54, 1.807) is 0 Å². The molecule has 0 atom stereocenters. The second-order valence-electron chi connectivity index (χ2n) is 5.78. The number of anilines is 1. The molecule has 0 heterocycles. The van der Waals surface area contributed by atoms with Gasteiger partial charge in [0.05, 0.1) is 0 Å². The molecule has 0 aromatic heterocycles. The van der Waals surface area contributed by atoms with E-state index in [0.717, 1.165) is 27.9 Å². The zero-order chi connectivity index (χ0) is 17.5. The van der Waals surface area contributed by atoms with Gasteiger partial charge in [0.15, 0.2) is 0 Å². The third kappa shape index (κ3) is 4.68. The van der Waals surface area contributed by atoms with Gasteiger partial charge < -0.3 is 16.4 Å². The Bertz CT molecular complexity index is 829. The van der Waals surface area contributed by atoms with Gasteiger partial charge in [0.1, 0.15) is 0 Å². The van der Waals surface area contributed by atoms with Gasteiger partial charge in [0.2, 0.25) is 0 Å². The second kappa shape index (κ2) is 8.13. The molecular formula is C21H21N3O. The van der Waals surface area contributed by atoms with E-state index in [9.17, 15) is 4.79 Å². The third-order valence-electron chi connectivity index (χ3n) is 3.93. The van der Waals surface area contributed by atoms with Gasteiger partial charge in [-0.25, -0.2) is 4.79 Å². The first kappa shape index (κ1) is 16.7. The van der Waals surface area contributed by atoms with Gasteiger partial charge in [-0.05, 0) is 34.4 Å². The molecule has 0 aliphatic heterocycles. The molecule has 0 bridgehead atoms. The number of amides is 2. The van der Waals surface area contributed by atoms with Gasteiger partial charge in [0, 0.05) is 18.8 Å². The van der Waals surface area contributed by atoms with Crippen molar-refractivity contribution in [1.29, 1.82) is 0 Å². The number of carbonyl (C=O) groups excluding carboxylic acids is 1. The van der Waals surface area contributed by atoms with Crippen LogP contribution in [-0.4, -0.2) is 6.03 Å². The molecule has 25 heavy (non-hydrogen) atoms. The summed E-state index contributed by atoms with van der Waals surface area (Å²) >= 11 is 0. The van der Waals surface area contributed by atoms with Crippen molar-refractivity contribution in [3.63, 3.8) is 0 Å². The lowest BCUT2D eigenvalue weighted by Gasteiger charge is -2.09. The molecule has 0 aliphatic carbocycles. The highest BCUT2D eigenvalue weighted by Gasteiger charge is 2.03. The number of urea groups is 1. The fourth-order valence-electron chi connectivity index (χ4n) is 2.60. The van der Waals surface area contributed by atoms with E-state index in [-0.39, 0.29) is 6.03 Å². The minimum atomic E-state index is -0.231. The molecule has 4 nitrogen and oxygen atoms in total. The first-order valence-corrected chi connectivity index (χ1v) is 8.23. The lowest BCUT2D eigenvalue weighted by atomic mass is 10.1. The monoisotopic (exact) mass is 331 g/mol. The summed E-state index contributed by atoms with van der Waals surface area (Å²) in [5.41, 5.74) is 10.7. The average Bonchev–Trinajstić information content (AvgIpc) is 2.68. The molecule has 0 radical (unpaired) electrons. The molecule has 0 spiro atoms. The van der Waals surface area contributed by atoms with Crippen molar-refractivity contribution in [2.45, 2.75) is 13.1 Å². The molecular weight excluding hydrogens is 310 g/mol. The summed E-state index contributed by atoms with van der Waals surface area (Å²) in [5.74, 6) is 0. The Balaban J connectivity index is 1.56. The maximum absolute atomic E-state index is 12.0. The second-order valence-corrected chi connectivity index (χ2v) is 5.78. The lowest BCUT2D eigenvalue weighted by Crippen LogP contribution is -2.28. The summed E-state index contributed by atoms with van der Waals surface area (Å²) in [5, 5.41) is 5.70. The van der Waals surface area contributed by atoms with Gasteiger partial charge in [0.25, 0.3) is 0 Å². The molecule has 126 valence electrons. The minimum Gasteiger partial charge on any atom is -0.334 e. The smallest absolute Gasteiger partial charge is 0.319 e. The summed E-state index contributed by atoms with van der Waals surface area (Å²) in [7, 11) is 0. The van der Waals surface area contributed by atoms with Crippen molar-refractivity contribution in [2.75, 3.05) is 5.32 Å². The quantitative estimate of drug-likeness (QED) is 0.658. The van der Waals surface area contributed by atoms with Crippen molar-refractivity contribution in [3.8, 4) is 11.1 Å². The van der Waals surface area contributed by atoms with E-state index in [1.165, 1.54) is 0 Å². The number of hydrogen-bond acceptors (Lipinski definition) is 2. The summed E-state index contributed by atoms with van der Waals surface area (Å²) in [6.07, 6.45) is 0. The average molecular weight is 331 g/mol. The molecule has 0 aliphatic rings. The Hall–Kier alpha value is -3.11. The zero-order valence-electron chi connectivity index (χ0n) is 13.9. The predicted molar refractivity (Wildman–Crippen MR) is 102 cm³/mol. The summed E-state index contributed by atoms with van der Waals surface area (Å²) in [6, 6.07) is 25.6. The Morgan fingerprint density at radius 2 is 1.48 bits per heavy atom. The van der Waals surface area contributed by atoms with Crippen LogP contribution >= 0.6 is 0 Å². The molecule has 2 amide bonds. The summed E-state index contributed by atoms with van der Waals surface area (Å²) in [4.78, 5) is 12.0. The Labute approximate surface area is 147 Å². The van der Waals surface area contributed by atoms with Crippen molar-refractivity contribution in [1.82, 2.24) is 5.32 Å². The van der Waals surface area contributed by atoms with Crippen molar-refractivity contribution in [3.05, 3.63) is 90.0 Å². The zero-order valence-corrected chi connectivity index (χ0v) is 13.9. The number of carbonyl (C=O) groups is 1. The van der Waals surface area contributed by atoms with Crippen LogP contribution in [0.25, 0.3) is 11.1 Å². The van der Waals surface area contributed by atoms with Crippen molar-refractivity contribution in [2.24, 2.45) is 5.73 Å². The van der Waals surface area contributed by atoms with Gasteiger partial charge >= 0.3 is 6.03 Å². The first-order valence-electron chi connectivity index (χ1n) is 8.23. The molecule has 4 N–H and O–H groups in total. The lowest BCUT2D eigenvalue weighted by molar-refractivity contribution is 0.251. The van der Waals surface area contributed by atoms with Crippen LogP contribution in [0.2, 0.25) is 0 Å². The maximum atomic E-state index is 12.0. The topological polar surface area (TPSA) is 67.1 Å². The third-order valence-corrected chi connectivity index (χ3v) is 3.93. The number of nitrogens with two attached hydrogens (primary N) is 1. The molecule has 0 fully saturated rings. The predicted octanol–water partition coefficient (Wildman–Crippen LogP) is 4.13. The standard InChI is InChI=1S/C21H21N3O/c22-14-16-5-4-6-17(13-16)15-23-21(25)24-20-11-9-19(10-12-20)18-7-2-1-3-8-18/h1-13H,14-15,22H2,(H2,23,24,25). The van der Waals surface area contributed by atoms with E-state index >= 15 is 0 Å². The minimum absolute atomic E-state index is 0.231. The molecule has 3 aromatic carbocycles. The highest BCUT2D eigenvalue weighted by atomic mass is 16.2. The van der Waals surface area contributed by atoms with Gasteiger partial charge in [-0.15, -0.1) is 0 Å². The van der Waals surface area contributed by atoms with Crippen LogP contribution < -0.4 is 16.4 Å². The van der Waals surface area contributed by atoms with Crippen molar-refractivity contribution < 1.29 is 4.79 Å². The Morgan fingerprint density at radius 1 is 0.800 bits per heavy atom. The van der Waals surface area contributed by atoms with E-state index in [1.807, 2.05) is 66.7 Å². The highest BCUT2D eigenvalue weighted by molar-refractivity contribution is 5.89. The summed E-state index contributed by atoms with van der Waals surface area (Å²) < 4.78 is 0. The van der Waals surface area contributed by atoms with Crippen LogP contribution in [0.4, 0.5) is 10.5 Å². The maximum Gasteiger partial charge on any atom is 0.319 e. The largest absolute Gasteiger partial charge is 0.334 e. The van der Waals surface area contributed by atoms with Crippen LogP contribution in [0, 0.1) is 0 Å². The Kier molecular flexibility index (Phi) is 5.44. The number of hydrogen-bond donors (Lipinski definition) is 3. The number of nitrogens with one attached hydrogen (secondary N) is 2. The fourth-order valence-corrected chi connectivity index (χ4v) is 2.60. The van der Waals surface area contributed by atoms with Crippen LogP contribution in [0.3, 0.4) is 0 Å². The normalized spacial score (nSPS) is 10.3. The molecule has 3 aromatic rings. The fraction of sp³-hybridized carbons (Fsp3) is 0.0952. The molecule has 0 saturated heterocycles. The number of benzene rings is 3. The van der Waals surface area contributed by atoms with Gasteiger partial charge in [-0.3, -0.25) is 0 Å². The van der Waals surface area contributed by atoms with Crippen molar-refractivity contribution >= 4 is 11.7 Å². The van der Waals surface area contributed by atoms with Crippen LogP contribution in [0.15, 0.2) is 78.9 Å².